The maximum atomic E-state index is 11.7. The van der Waals surface area contributed by atoms with Crippen LogP contribution >= 0.6 is 11.8 Å². The van der Waals surface area contributed by atoms with E-state index in [1.807, 2.05) is 0 Å². The van der Waals surface area contributed by atoms with Crippen molar-refractivity contribution >= 4 is 17.7 Å². The fraction of sp³-hybridized carbons (Fsp3) is 0.909. The SMILES string of the molecule is CC1(C)NC(C(=O)OCC[N+](C)(C)C)CS1. The summed E-state index contributed by atoms with van der Waals surface area (Å²) in [6.07, 6.45) is 0. The van der Waals surface area contributed by atoms with Crippen molar-refractivity contribution in [1.82, 2.24) is 5.32 Å². The van der Waals surface area contributed by atoms with E-state index in [9.17, 15) is 4.79 Å². The van der Waals surface area contributed by atoms with Gasteiger partial charge in [0, 0.05) is 5.75 Å². The van der Waals surface area contributed by atoms with E-state index in [0.29, 0.717) is 6.61 Å². The van der Waals surface area contributed by atoms with E-state index in [0.717, 1.165) is 16.8 Å². The highest BCUT2D eigenvalue weighted by molar-refractivity contribution is 8.00. The highest BCUT2D eigenvalue weighted by Crippen LogP contribution is 2.29. The molecule has 4 nitrogen and oxygen atoms in total. The van der Waals surface area contributed by atoms with Crippen molar-refractivity contribution in [2.24, 2.45) is 0 Å². The fourth-order valence-corrected chi connectivity index (χ4v) is 2.47. The number of carbonyl (C=O) groups is 1. The number of hydrogen-bond donors (Lipinski definition) is 1. The molecule has 16 heavy (non-hydrogen) atoms. The largest absolute Gasteiger partial charge is 0.458 e. The molecule has 0 radical (unpaired) electrons. The third-order valence-corrected chi connectivity index (χ3v) is 3.76. The van der Waals surface area contributed by atoms with Crippen LogP contribution in [0.2, 0.25) is 0 Å². The highest BCUT2D eigenvalue weighted by Gasteiger charge is 2.35. The zero-order chi connectivity index (χ0) is 12.4. The van der Waals surface area contributed by atoms with Gasteiger partial charge in [0.15, 0.2) is 0 Å². The maximum absolute atomic E-state index is 11.7. The van der Waals surface area contributed by atoms with E-state index in [-0.39, 0.29) is 16.9 Å². The number of rotatable bonds is 4. The maximum Gasteiger partial charge on any atom is 0.324 e. The van der Waals surface area contributed by atoms with E-state index in [4.69, 9.17) is 4.74 Å². The molecular weight excluding hydrogens is 224 g/mol. The van der Waals surface area contributed by atoms with Crippen LogP contribution in [0.3, 0.4) is 0 Å². The Morgan fingerprint density at radius 3 is 2.56 bits per heavy atom. The molecule has 5 heteroatoms. The molecule has 1 atom stereocenters. The van der Waals surface area contributed by atoms with Crippen molar-refractivity contribution in [3.8, 4) is 0 Å². The molecule has 1 N–H and O–H groups in total. The summed E-state index contributed by atoms with van der Waals surface area (Å²) in [5.41, 5.74) is 0. The Morgan fingerprint density at radius 1 is 1.50 bits per heavy atom. The molecule has 1 heterocycles. The number of hydrogen-bond acceptors (Lipinski definition) is 4. The summed E-state index contributed by atoms with van der Waals surface area (Å²) >= 11 is 1.76. The van der Waals surface area contributed by atoms with Gasteiger partial charge in [-0.1, -0.05) is 0 Å². The molecule has 1 unspecified atom stereocenters. The van der Waals surface area contributed by atoms with Crippen LogP contribution in [0.5, 0.6) is 0 Å². The van der Waals surface area contributed by atoms with Crippen LogP contribution in [0.1, 0.15) is 13.8 Å². The summed E-state index contributed by atoms with van der Waals surface area (Å²) in [6, 6.07) is -0.146. The van der Waals surface area contributed by atoms with E-state index < -0.39 is 0 Å². The normalized spacial score (nSPS) is 24.4. The van der Waals surface area contributed by atoms with Gasteiger partial charge in [-0.3, -0.25) is 10.1 Å². The van der Waals surface area contributed by atoms with Crippen LogP contribution in [-0.2, 0) is 9.53 Å². The van der Waals surface area contributed by atoms with E-state index in [1.165, 1.54) is 0 Å². The molecule has 0 spiro atoms. The second kappa shape index (κ2) is 4.94. The van der Waals surface area contributed by atoms with Crippen molar-refractivity contribution in [3.05, 3.63) is 0 Å². The summed E-state index contributed by atoms with van der Waals surface area (Å²) in [6.45, 7) is 5.49. The number of carbonyl (C=O) groups excluding carboxylic acids is 1. The molecule has 0 saturated carbocycles. The second-order valence-corrected chi connectivity index (χ2v) is 7.34. The first-order chi connectivity index (χ1) is 7.20. The topological polar surface area (TPSA) is 38.3 Å². The molecule has 94 valence electrons. The van der Waals surface area contributed by atoms with E-state index in [1.54, 1.807) is 11.8 Å². The quantitative estimate of drug-likeness (QED) is 0.585. The van der Waals surface area contributed by atoms with Crippen molar-refractivity contribution in [1.29, 1.82) is 0 Å². The predicted octanol–water partition coefficient (Wildman–Crippen LogP) is 0.677. The van der Waals surface area contributed by atoms with Crippen LogP contribution in [0.15, 0.2) is 0 Å². The molecular formula is C11H23N2O2S+. The average Bonchev–Trinajstić information content (AvgIpc) is 2.43. The minimum absolute atomic E-state index is 0.0101. The molecule has 0 aromatic heterocycles. The number of quaternary nitrogens is 1. The van der Waals surface area contributed by atoms with Gasteiger partial charge < -0.3 is 9.22 Å². The first-order valence-electron chi connectivity index (χ1n) is 5.58. The summed E-state index contributed by atoms with van der Waals surface area (Å²) in [5, 5.41) is 3.26. The number of ether oxygens (including phenoxy) is 1. The van der Waals surface area contributed by atoms with Gasteiger partial charge in [-0.25, -0.2) is 0 Å². The van der Waals surface area contributed by atoms with Gasteiger partial charge in [-0.2, -0.15) is 0 Å². The lowest BCUT2D eigenvalue weighted by molar-refractivity contribution is -0.870. The Bertz CT molecular complexity index is 261. The van der Waals surface area contributed by atoms with Crippen molar-refractivity contribution in [2.45, 2.75) is 24.8 Å². The van der Waals surface area contributed by atoms with E-state index in [2.05, 4.69) is 40.3 Å². The fourth-order valence-electron chi connectivity index (χ4n) is 1.44. The molecule has 0 amide bonds. The monoisotopic (exact) mass is 247 g/mol. The lowest BCUT2D eigenvalue weighted by atomic mass is 10.3. The minimum Gasteiger partial charge on any atom is -0.458 e. The van der Waals surface area contributed by atoms with Gasteiger partial charge in [0.1, 0.15) is 19.2 Å². The van der Waals surface area contributed by atoms with Gasteiger partial charge in [0.2, 0.25) is 0 Å². The summed E-state index contributed by atoms with van der Waals surface area (Å²) in [7, 11) is 6.25. The molecule has 1 rings (SSSR count). The number of esters is 1. The third kappa shape index (κ3) is 4.72. The Morgan fingerprint density at radius 2 is 2.12 bits per heavy atom. The zero-order valence-corrected chi connectivity index (χ0v) is 11.7. The van der Waals surface area contributed by atoms with Gasteiger partial charge in [-0.05, 0) is 13.8 Å². The first kappa shape index (κ1) is 13.8. The van der Waals surface area contributed by atoms with Gasteiger partial charge in [-0.15, -0.1) is 11.8 Å². The number of nitrogens with one attached hydrogen (secondary N) is 1. The molecule has 1 aliphatic rings. The smallest absolute Gasteiger partial charge is 0.324 e. The Hall–Kier alpha value is -0.260. The van der Waals surface area contributed by atoms with Crippen LogP contribution in [0, 0.1) is 0 Å². The molecule has 0 aromatic carbocycles. The van der Waals surface area contributed by atoms with Crippen molar-refractivity contribution in [3.63, 3.8) is 0 Å². The molecule has 0 aliphatic carbocycles. The van der Waals surface area contributed by atoms with E-state index >= 15 is 0 Å². The van der Waals surface area contributed by atoms with Crippen molar-refractivity contribution < 1.29 is 14.0 Å². The summed E-state index contributed by atoms with van der Waals surface area (Å²) < 4.78 is 6.08. The molecule has 0 bridgehead atoms. The summed E-state index contributed by atoms with van der Waals surface area (Å²) in [4.78, 5) is 11.7. The Balaban J connectivity index is 2.27. The molecule has 1 fully saturated rings. The lowest BCUT2D eigenvalue weighted by Crippen LogP contribution is -2.44. The first-order valence-corrected chi connectivity index (χ1v) is 6.57. The standard InChI is InChI=1S/C11H23N2O2S/c1-11(2)12-9(8-16-11)10(14)15-7-6-13(3,4)5/h9,12H,6-8H2,1-5H3/q+1. The molecule has 1 aliphatic heterocycles. The zero-order valence-electron chi connectivity index (χ0n) is 10.9. The van der Waals surface area contributed by atoms with Crippen LogP contribution in [0.25, 0.3) is 0 Å². The van der Waals surface area contributed by atoms with Crippen LogP contribution < -0.4 is 5.32 Å². The number of thioether (sulfide) groups is 1. The number of nitrogens with zero attached hydrogens (tertiary/aromatic N) is 1. The predicted molar refractivity (Wildman–Crippen MR) is 67.3 cm³/mol. The Kier molecular flexibility index (Phi) is 4.26. The Labute approximate surface area is 102 Å². The van der Waals surface area contributed by atoms with Gasteiger partial charge in [0.25, 0.3) is 0 Å². The summed E-state index contributed by atoms with van der Waals surface area (Å²) in [5.74, 6) is 0.683. The van der Waals surface area contributed by atoms with Crippen LogP contribution in [-0.4, -0.2) is 61.4 Å². The number of likely N-dealkylation sites (N-methyl/N-ethyl adjacent to an activating group) is 1. The molecule has 0 aromatic rings. The lowest BCUT2D eigenvalue weighted by Gasteiger charge is -2.24. The second-order valence-electron chi connectivity index (χ2n) is 5.70. The minimum atomic E-state index is -0.146. The third-order valence-electron chi connectivity index (χ3n) is 2.42. The highest BCUT2D eigenvalue weighted by atomic mass is 32.2. The van der Waals surface area contributed by atoms with Gasteiger partial charge in [0.05, 0.1) is 26.0 Å². The molecule has 1 saturated heterocycles. The average molecular weight is 247 g/mol. The van der Waals surface area contributed by atoms with Crippen molar-refractivity contribution in [2.75, 3.05) is 40.0 Å². The van der Waals surface area contributed by atoms with Gasteiger partial charge >= 0.3 is 5.97 Å². The van der Waals surface area contributed by atoms with Crippen LogP contribution in [0.4, 0.5) is 0 Å².